The number of amides is 4. The van der Waals surface area contributed by atoms with Gasteiger partial charge >= 0.3 is 0 Å². The van der Waals surface area contributed by atoms with Crippen molar-refractivity contribution in [3.63, 3.8) is 0 Å². The molecule has 0 aliphatic carbocycles. The topological polar surface area (TPSA) is 120 Å². The van der Waals surface area contributed by atoms with Crippen molar-refractivity contribution in [3.8, 4) is 0 Å². The van der Waals surface area contributed by atoms with Crippen molar-refractivity contribution in [2.24, 2.45) is 10.2 Å². The van der Waals surface area contributed by atoms with Crippen LogP contribution in [-0.4, -0.2) is 28.9 Å². The fourth-order valence-corrected chi connectivity index (χ4v) is 6.37. The van der Waals surface area contributed by atoms with E-state index in [-0.39, 0.29) is 29.0 Å². The van der Waals surface area contributed by atoms with E-state index in [1.54, 1.807) is 97.1 Å². The number of azo groups is 1. The summed E-state index contributed by atoms with van der Waals surface area (Å²) >= 11 is 13.8. The number of benzene rings is 5. The second kappa shape index (κ2) is 15.8. The molecule has 50 heavy (non-hydrogen) atoms. The molecule has 1 heterocycles. The third-order valence-corrected chi connectivity index (χ3v) is 9.48. The highest BCUT2D eigenvalue weighted by molar-refractivity contribution is 8.00. The van der Waals surface area contributed by atoms with Crippen molar-refractivity contribution in [3.05, 3.63) is 154 Å². The van der Waals surface area contributed by atoms with Gasteiger partial charge in [-0.2, -0.15) is 10.2 Å². The minimum atomic E-state index is -0.620. The number of rotatable bonds is 10. The first-order valence-corrected chi connectivity index (χ1v) is 16.9. The molecule has 1 unspecified atom stereocenters. The minimum Gasteiger partial charge on any atom is -0.321 e. The summed E-state index contributed by atoms with van der Waals surface area (Å²) in [5.41, 5.74) is 2.96. The van der Waals surface area contributed by atoms with E-state index in [9.17, 15) is 19.2 Å². The van der Waals surface area contributed by atoms with Gasteiger partial charge in [0.2, 0.25) is 11.8 Å². The molecular formula is C38H27Cl2N5O4S. The van der Waals surface area contributed by atoms with Crippen molar-refractivity contribution in [2.45, 2.75) is 16.6 Å². The first-order chi connectivity index (χ1) is 24.2. The summed E-state index contributed by atoms with van der Waals surface area (Å²) in [5, 5.41) is 13.8. The fraction of sp³-hybridized carbons (Fsp3) is 0.0526. The number of thioether (sulfide) groups is 1. The monoisotopic (exact) mass is 719 g/mol. The second-order valence-electron chi connectivity index (χ2n) is 10.9. The van der Waals surface area contributed by atoms with Crippen LogP contribution in [0.5, 0.6) is 0 Å². The molecule has 6 rings (SSSR count). The molecule has 12 heteroatoms. The van der Waals surface area contributed by atoms with E-state index in [4.69, 9.17) is 23.2 Å². The van der Waals surface area contributed by atoms with Gasteiger partial charge in [-0.1, -0.05) is 71.7 Å². The molecule has 1 saturated heterocycles. The van der Waals surface area contributed by atoms with E-state index in [1.807, 2.05) is 30.3 Å². The molecule has 0 aromatic heterocycles. The predicted molar refractivity (Wildman–Crippen MR) is 197 cm³/mol. The Hall–Kier alpha value is -5.55. The van der Waals surface area contributed by atoms with E-state index >= 15 is 0 Å². The molecule has 0 bridgehead atoms. The zero-order valence-electron chi connectivity index (χ0n) is 26.1. The quantitative estimate of drug-likeness (QED) is 0.0847. The molecule has 0 radical (unpaired) electrons. The first kappa shape index (κ1) is 34.3. The van der Waals surface area contributed by atoms with Gasteiger partial charge in [-0.25, -0.2) is 4.90 Å². The van der Waals surface area contributed by atoms with Crippen LogP contribution in [0.2, 0.25) is 10.0 Å². The number of carbonyl (C=O) groups is 4. The van der Waals surface area contributed by atoms with Crippen LogP contribution < -0.4 is 15.5 Å². The lowest BCUT2D eigenvalue weighted by atomic mass is 10.1. The Labute approximate surface area is 302 Å². The second-order valence-corrected chi connectivity index (χ2v) is 13.0. The van der Waals surface area contributed by atoms with Crippen molar-refractivity contribution in [1.82, 2.24) is 5.32 Å². The Bertz CT molecular complexity index is 2110. The van der Waals surface area contributed by atoms with Gasteiger partial charge in [0.25, 0.3) is 11.8 Å². The van der Waals surface area contributed by atoms with Crippen LogP contribution in [0.1, 0.15) is 22.3 Å². The molecule has 5 aromatic carbocycles. The molecular weight excluding hydrogens is 693 g/mol. The lowest BCUT2D eigenvalue weighted by Crippen LogP contribution is -2.31. The number of anilines is 2. The number of carbonyl (C=O) groups excluding carboxylic acids is 4. The van der Waals surface area contributed by atoms with Gasteiger partial charge in [0.15, 0.2) is 0 Å². The zero-order chi connectivity index (χ0) is 35.0. The van der Waals surface area contributed by atoms with Crippen LogP contribution in [0.3, 0.4) is 0 Å². The van der Waals surface area contributed by atoms with Gasteiger partial charge in [-0.05, 0) is 90.5 Å². The maximum Gasteiger partial charge on any atom is 0.272 e. The molecule has 0 saturated carbocycles. The van der Waals surface area contributed by atoms with Gasteiger partial charge < -0.3 is 10.6 Å². The summed E-state index contributed by atoms with van der Waals surface area (Å²) in [6.45, 7) is 0. The Kier molecular flexibility index (Phi) is 10.8. The van der Waals surface area contributed by atoms with E-state index < -0.39 is 17.1 Å². The highest BCUT2D eigenvalue weighted by Gasteiger charge is 2.40. The molecule has 248 valence electrons. The number of halogens is 2. The highest BCUT2D eigenvalue weighted by Crippen LogP contribution is 2.35. The molecule has 0 spiro atoms. The van der Waals surface area contributed by atoms with Crippen molar-refractivity contribution in [2.75, 3.05) is 10.2 Å². The summed E-state index contributed by atoms with van der Waals surface area (Å²) in [6, 6.07) is 36.3. The van der Waals surface area contributed by atoms with E-state index in [0.717, 1.165) is 4.90 Å². The largest absolute Gasteiger partial charge is 0.321 e. The van der Waals surface area contributed by atoms with E-state index in [1.165, 1.54) is 22.7 Å². The van der Waals surface area contributed by atoms with Crippen LogP contribution in [-0.2, 0) is 14.4 Å². The molecule has 1 atom stereocenters. The number of hydrogen-bond acceptors (Lipinski definition) is 7. The average Bonchev–Trinajstić information content (AvgIpc) is 3.42. The van der Waals surface area contributed by atoms with Crippen LogP contribution in [0, 0.1) is 0 Å². The summed E-state index contributed by atoms with van der Waals surface area (Å²) in [7, 11) is 0. The maximum atomic E-state index is 13.4. The van der Waals surface area contributed by atoms with Crippen LogP contribution in [0.4, 0.5) is 22.7 Å². The summed E-state index contributed by atoms with van der Waals surface area (Å²) in [6.07, 6.45) is 1.49. The smallest absolute Gasteiger partial charge is 0.272 e. The van der Waals surface area contributed by atoms with Crippen molar-refractivity contribution >= 4 is 87.4 Å². The van der Waals surface area contributed by atoms with Crippen LogP contribution in [0.15, 0.2) is 148 Å². The minimum absolute atomic E-state index is 0.0405. The maximum absolute atomic E-state index is 13.4. The SMILES string of the molecule is O=C(Nc1ccc(SC2CC(=O)N(c3ccc(N=Nc4ccccc4)cc3)C2=O)cc1)C(=Cc1cccc(Cl)c1Cl)NC(=O)c1ccccc1. The summed E-state index contributed by atoms with van der Waals surface area (Å²) in [4.78, 5) is 54.5. The van der Waals surface area contributed by atoms with Gasteiger partial charge in [0.05, 0.1) is 32.4 Å². The highest BCUT2D eigenvalue weighted by atomic mass is 35.5. The normalized spacial score (nSPS) is 14.6. The van der Waals surface area contributed by atoms with E-state index in [2.05, 4.69) is 20.9 Å². The van der Waals surface area contributed by atoms with Gasteiger partial charge in [-0.15, -0.1) is 11.8 Å². The third kappa shape index (κ3) is 8.35. The number of nitrogens with one attached hydrogen (secondary N) is 2. The van der Waals surface area contributed by atoms with Gasteiger partial charge in [0, 0.05) is 22.6 Å². The molecule has 1 aliphatic rings. The Morgan fingerprint density at radius 2 is 1.40 bits per heavy atom. The predicted octanol–water partition coefficient (Wildman–Crippen LogP) is 9.24. The van der Waals surface area contributed by atoms with Crippen LogP contribution >= 0.6 is 35.0 Å². The average molecular weight is 721 g/mol. The van der Waals surface area contributed by atoms with Crippen molar-refractivity contribution in [1.29, 1.82) is 0 Å². The first-order valence-electron chi connectivity index (χ1n) is 15.3. The van der Waals surface area contributed by atoms with Gasteiger partial charge in [0.1, 0.15) is 5.70 Å². The lowest BCUT2D eigenvalue weighted by molar-refractivity contribution is -0.121. The Balaban J connectivity index is 1.11. The number of nitrogens with zero attached hydrogens (tertiary/aromatic N) is 3. The molecule has 1 fully saturated rings. The fourth-order valence-electron chi connectivity index (χ4n) is 4.96. The third-order valence-electron chi connectivity index (χ3n) is 7.45. The zero-order valence-corrected chi connectivity index (χ0v) is 28.5. The lowest BCUT2D eigenvalue weighted by Gasteiger charge is -2.15. The standard InChI is InChI=1S/C38H27Cl2N5O4S/c39-31-13-7-10-25(35(31)40)22-32(42-36(47)24-8-3-1-4-9-24)37(48)41-26-16-20-30(21-17-26)50-33-23-34(46)45(38(33)49)29-18-14-28(15-19-29)44-43-27-11-5-2-6-12-27/h1-22,33H,23H2,(H,41,48)(H,42,47). The van der Waals surface area contributed by atoms with Gasteiger partial charge in [-0.3, -0.25) is 19.2 Å². The molecule has 1 aliphatic heterocycles. The summed E-state index contributed by atoms with van der Waals surface area (Å²) in [5.74, 6) is -1.69. The van der Waals surface area contributed by atoms with Crippen molar-refractivity contribution < 1.29 is 19.2 Å². The molecule has 4 amide bonds. The Morgan fingerprint density at radius 1 is 0.760 bits per heavy atom. The number of imide groups is 1. The Morgan fingerprint density at radius 3 is 2.08 bits per heavy atom. The van der Waals surface area contributed by atoms with Crippen LogP contribution in [0.25, 0.3) is 6.08 Å². The number of hydrogen-bond donors (Lipinski definition) is 2. The van der Waals surface area contributed by atoms with E-state index in [0.29, 0.717) is 38.9 Å². The molecule has 5 aromatic rings. The molecule has 9 nitrogen and oxygen atoms in total. The molecule has 2 N–H and O–H groups in total. The summed E-state index contributed by atoms with van der Waals surface area (Å²) < 4.78 is 0.